The van der Waals surface area contributed by atoms with E-state index in [0.29, 0.717) is 58.4 Å². The lowest BCUT2D eigenvalue weighted by Gasteiger charge is -2.41. The second-order valence-corrected chi connectivity index (χ2v) is 11.2. The Kier molecular flexibility index (Phi) is 9.03. The quantitative estimate of drug-likeness (QED) is 0.538. The minimum Gasteiger partial charge on any atom is -0.381 e. The number of likely N-dealkylation sites (tertiary alicyclic amines) is 1. The van der Waals surface area contributed by atoms with E-state index in [1.54, 1.807) is 0 Å². The van der Waals surface area contributed by atoms with Crippen LogP contribution >= 0.6 is 0 Å². The van der Waals surface area contributed by atoms with Crippen LogP contribution in [0.2, 0.25) is 0 Å². The number of piperidine rings is 1. The lowest BCUT2D eigenvalue weighted by Crippen LogP contribution is -2.59. The zero-order valence-corrected chi connectivity index (χ0v) is 22.2. The van der Waals surface area contributed by atoms with Crippen LogP contribution in [-0.4, -0.2) is 67.1 Å². The number of fused-ring (bicyclic) bond motifs is 1. The summed E-state index contributed by atoms with van der Waals surface area (Å²) in [7, 11) is 0. The summed E-state index contributed by atoms with van der Waals surface area (Å²) in [4.78, 5) is 42.1. The van der Waals surface area contributed by atoms with Crippen molar-refractivity contribution in [2.75, 3.05) is 26.3 Å². The van der Waals surface area contributed by atoms with Gasteiger partial charge in [-0.2, -0.15) is 0 Å². The van der Waals surface area contributed by atoms with Crippen molar-refractivity contribution in [3.05, 3.63) is 48.0 Å². The summed E-state index contributed by atoms with van der Waals surface area (Å²) in [5.41, 5.74) is 6.59. The van der Waals surface area contributed by atoms with Gasteiger partial charge in [-0.25, -0.2) is 0 Å². The van der Waals surface area contributed by atoms with E-state index in [0.717, 1.165) is 12.0 Å². The van der Waals surface area contributed by atoms with Crippen LogP contribution in [0.15, 0.2) is 42.5 Å². The van der Waals surface area contributed by atoms with Crippen LogP contribution in [0.4, 0.5) is 0 Å². The van der Waals surface area contributed by atoms with E-state index in [1.165, 1.54) is 0 Å². The summed E-state index contributed by atoms with van der Waals surface area (Å²) in [6.07, 6.45) is 7.91. The molecule has 1 aromatic rings. The van der Waals surface area contributed by atoms with Crippen LogP contribution in [0, 0.1) is 17.3 Å². The summed E-state index contributed by atoms with van der Waals surface area (Å²) in [6, 6.07) is 8.51. The predicted molar refractivity (Wildman–Crippen MR) is 142 cm³/mol. The predicted octanol–water partition coefficient (Wildman–Crippen LogP) is 2.18. The van der Waals surface area contributed by atoms with Crippen molar-refractivity contribution in [3.63, 3.8) is 0 Å². The third-order valence-corrected chi connectivity index (χ3v) is 8.33. The molecule has 3 heterocycles. The molecule has 1 aromatic carbocycles. The lowest BCUT2D eigenvalue weighted by atomic mass is 9.75. The summed E-state index contributed by atoms with van der Waals surface area (Å²) in [5, 5.41) is 6.37. The van der Waals surface area contributed by atoms with E-state index in [4.69, 9.17) is 10.5 Å². The number of amides is 3. The maximum atomic E-state index is 13.7. The highest BCUT2D eigenvalue weighted by Crippen LogP contribution is 2.36. The number of rotatable bonds is 4. The van der Waals surface area contributed by atoms with Crippen LogP contribution in [0.3, 0.4) is 0 Å². The molecule has 3 aliphatic rings. The molecule has 0 aliphatic carbocycles. The van der Waals surface area contributed by atoms with E-state index in [9.17, 15) is 14.4 Å². The maximum Gasteiger partial charge on any atom is 0.243 e. The average Bonchev–Trinajstić information content (AvgIpc) is 2.91. The first-order valence-corrected chi connectivity index (χ1v) is 13.7. The second kappa shape index (κ2) is 12.2. The van der Waals surface area contributed by atoms with Crippen molar-refractivity contribution < 1.29 is 19.1 Å². The van der Waals surface area contributed by atoms with Gasteiger partial charge in [-0.3, -0.25) is 14.4 Å². The fourth-order valence-corrected chi connectivity index (χ4v) is 5.68. The molecule has 1 spiro atoms. The fourth-order valence-electron chi connectivity index (χ4n) is 5.68. The van der Waals surface area contributed by atoms with E-state index in [1.807, 2.05) is 49.1 Å². The molecular formula is C29H42N4O4. The van der Waals surface area contributed by atoms with E-state index >= 15 is 0 Å². The highest BCUT2D eigenvalue weighted by atomic mass is 16.5. The van der Waals surface area contributed by atoms with Gasteiger partial charge in [-0.05, 0) is 43.6 Å². The molecule has 8 heteroatoms. The molecule has 0 saturated carbocycles. The molecule has 3 aliphatic heterocycles. The molecule has 2 saturated heterocycles. The number of hydrogen-bond acceptors (Lipinski definition) is 5. The number of ether oxygens (including phenoxy) is 1. The van der Waals surface area contributed by atoms with Crippen LogP contribution in [0.5, 0.6) is 0 Å². The Balaban J connectivity index is 1.58. The molecule has 4 rings (SSSR count). The van der Waals surface area contributed by atoms with Crippen molar-refractivity contribution in [2.45, 2.75) is 70.5 Å². The van der Waals surface area contributed by atoms with Gasteiger partial charge in [0.1, 0.15) is 6.04 Å². The topological polar surface area (TPSA) is 114 Å². The molecule has 3 amide bonds. The number of carbonyl (C=O) groups is 3. The fraction of sp³-hybridized carbons (Fsp3) is 0.621. The molecule has 2 fully saturated rings. The summed E-state index contributed by atoms with van der Waals surface area (Å²) >= 11 is 0. The number of nitrogens with two attached hydrogens (primary N) is 1. The maximum absolute atomic E-state index is 13.7. The van der Waals surface area contributed by atoms with E-state index in [-0.39, 0.29) is 35.6 Å². The standard InChI is InChI=1S/C29H42N4O4/c1-20(2)25(30)27(35)33-15-11-23-22(19-33)10-6-7-12-29(13-16-37-17-14-29)28(36)32-24(26(34)31-23)18-21-8-4-3-5-9-21/h3-9,20,22-25H,10-19,30H2,1-2H3,(H,31,34)(H,32,36)/t22-,23-,24+,25+/m0/s1. The van der Waals surface area contributed by atoms with Gasteiger partial charge in [0.2, 0.25) is 17.7 Å². The zero-order valence-electron chi connectivity index (χ0n) is 22.2. The SMILES string of the molecule is CC(C)[C@@H](N)C(=O)N1CC[C@@H]2NC(=O)[C@@H](Cc3ccccc3)NC(=O)C3(CC=CC[C@H]2C1)CCOCC3. The van der Waals surface area contributed by atoms with E-state index in [2.05, 4.69) is 22.8 Å². The normalized spacial score (nSPS) is 27.5. The minimum absolute atomic E-state index is 0.0229. The molecular weight excluding hydrogens is 468 g/mol. The monoisotopic (exact) mass is 510 g/mol. The van der Waals surface area contributed by atoms with Gasteiger partial charge in [0.05, 0.1) is 11.5 Å². The highest BCUT2D eigenvalue weighted by molar-refractivity contribution is 5.90. The molecule has 4 atom stereocenters. The Hall–Kier alpha value is -2.71. The minimum atomic E-state index is -0.673. The first-order valence-electron chi connectivity index (χ1n) is 13.7. The van der Waals surface area contributed by atoms with Gasteiger partial charge in [0.15, 0.2) is 0 Å². The van der Waals surface area contributed by atoms with Gasteiger partial charge in [0, 0.05) is 44.7 Å². The zero-order chi connectivity index (χ0) is 26.4. The van der Waals surface area contributed by atoms with E-state index < -0.39 is 17.5 Å². The van der Waals surface area contributed by atoms with Crippen LogP contribution in [-0.2, 0) is 25.5 Å². The van der Waals surface area contributed by atoms with Crippen molar-refractivity contribution in [2.24, 2.45) is 23.0 Å². The molecule has 37 heavy (non-hydrogen) atoms. The molecule has 4 N–H and O–H groups in total. The molecule has 202 valence electrons. The van der Waals surface area contributed by atoms with Crippen LogP contribution in [0.25, 0.3) is 0 Å². The van der Waals surface area contributed by atoms with Gasteiger partial charge in [-0.15, -0.1) is 0 Å². The van der Waals surface area contributed by atoms with Crippen molar-refractivity contribution in [1.82, 2.24) is 15.5 Å². The van der Waals surface area contributed by atoms with Crippen molar-refractivity contribution in [1.29, 1.82) is 0 Å². The highest BCUT2D eigenvalue weighted by Gasteiger charge is 2.42. The first kappa shape index (κ1) is 27.3. The molecule has 0 radical (unpaired) electrons. The number of hydrogen-bond donors (Lipinski definition) is 3. The third-order valence-electron chi connectivity index (χ3n) is 8.33. The van der Waals surface area contributed by atoms with Gasteiger partial charge in [-0.1, -0.05) is 56.3 Å². The second-order valence-electron chi connectivity index (χ2n) is 11.2. The van der Waals surface area contributed by atoms with Gasteiger partial charge >= 0.3 is 0 Å². The van der Waals surface area contributed by atoms with Crippen LogP contribution < -0.4 is 16.4 Å². The van der Waals surface area contributed by atoms with Gasteiger partial charge < -0.3 is 26.0 Å². The Bertz CT molecular complexity index is 973. The number of allylic oxidation sites excluding steroid dienone is 2. The Morgan fingerprint density at radius 2 is 1.86 bits per heavy atom. The summed E-state index contributed by atoms with van der Waals surface area (Å²) < 4.78 is 5.57. The van der Waals surface area contributed by atoms with Crippen molar-refractivity contribution >= 4 is 17.7 Å². The number of nitrogens with zero attached hydrogens (tertiary/aromatic N) is 1. The third kappa shape index (κ3) is 6.60. The largest absolute Gasteiger partial charge is 0.381 e. The Labute approximate surface area is 220 Å². The number of nitrogens with one attached hydrogen (secondary N) is 2. The van der Waals surface area contributed by atoms with Crippen LogP contribution in [0.1, 0.15) is 51.5 Å². The summed E-state index contributed by atoms with van der Waals surface area (Å²) in [6.45, 7) is 6.11. The summed E-state index contributed by atoms with van der Waals surface area (Å²) in [5.74, 6) is -0.117. The smallest absolute Gasteiger partial charge is 0.243 e. The molecule has 0 aromatic heterocycles. The van der Waals surface area contributed by atoms with Gasteiger partial charge in [0.25, 0.3) is 0 Å². The Morgan fingerprint density at radius 1 is 1.14 bits per heavy atom. The molecule has 0 bridgehead atoms. The average molecular weight is 511 g/mol. The Morgan fingerprint density at radius 3 is 2.57 bits per heavy atom. The molecule has 0 unspecified atom stereocenters. The van der Waals surface area contributed by atoms with Crippen molar-refractivity contribution in [3.8, 4) is 0 Å². The number of benzene rings is 1. The number of carbonyl (C=O) groups excluding carboxylic acids is 3. The molecule has 8 nitrogen and oxygen atoms in total. The first-order chi connectivity index (χ1) is 17.8. The lowest BCUT2D eigenvalue weighted by molar-refractivity contribution is -0.140.